The zero-order chi connectivity index (χ0) is 10.4. The monoisotopic (exact) mass is 199 g/mol. The highest BCUT2D eigenvalue weighted by molar-refractivity contribution is 5.84. The van der Waals surface area contributed by atoms with Gasteiger partial charge in [-0.05, 0) is 39.0 Å². The summed E-state index contributed by atoms with van der Waals surface area (Å²) >= 11 is 0. The van der Waals surface area contributed by atoms with Crippen LogP contribution >= 0.6 is 0 Å². The number of oxime groups is 1. The van der Waals surface area contributed by atoms with Crippen LogP contribution < -0.4 is 0 Å². The van der Waals surface area contributed by atoms with Crippen LogP contribution in [0.25, 0.3) is 0 Å². The Kier molecular flexibility index (Phi) is 4.43. The lowest BCUT2D eigenvalue weighted by atomic mass is 10.0. The van der Waals surface area contributed by atoms with E-state index in [0.717, 1.165) is 31.4 Å². The van der Waals surface area contributed by atoms with E-state index in [0.29, 0.717) is 12.8 Å². The van der Waals surface area contributed by atoms with Crippen LogP contribution in [-0.2, 0) is 9.53 Å². The average Bonchev–Trinajstić information content (AvgIpc) is 2.16. The molecule has 0 spiro atoms. The fourth-order valence-electron chi connectivity index (χ4n) is 1.54. The van der Waals surface area contributed by atoms with E-state index < -0.39 is 0 Å². The first-order valence-corrected chi connectivity index (χ1v) is 5.11. The number of rotatable bonds is 0. The van der Waals surface area contributed by atoms with Crippen molar-refractivity contribution in [3.8, 4) is 0 Å². The number of ether oxygens (including phenoxy) is 1. The molecule has 0 saturated carbocycles. The molecule has 1 atom stereocenters. The Balaban J connectivity index is 2.48. The van der Waals surface area contributed by atoms with Crippen molar-refractivity contribution in [1.29, 1.82) is 0 Å². The highest BCUT2D eigenvalue weighted by Gasteiger charge is 2.13. The SMILES string of the molecule is C[C@@H]1CC/C(=N/O)CCCCC(=O)O1. The maximum absolute atomic E-state index is 11.2. The van der Waals surface area contributed by atoms with Gasteiger partial charge in [0.05, 0.1) is 11.8 Å². The summed E-state index contributed by atoms with van der Waals surface area (Å²) in [7, 11) is 0. The zero-order valence-electron chi connectivity index (χ0n) is 8.53. The number of hydrogen-bond donors (Lipinski definition) is 1. The lowest BCUT2D eigenvalue weighted by Gasteiger charge is -2.15. The van der Waals surface area contributed by atoms with Gasteiger partial charge < -0.3 is 9.94 Å². The van der Waals surface area contributed by atoms with Crippen molar-refractivity contribution in [2.24, 2.45) is 5.16 Å². The summed E-state index contributed by atoms with van der Waals surface area (Å²) in [5.74, 6) is -0.109. The molecule has 0 aliphatic carbocycles. The van der Waals surface area contributed by atoms with Crippen molar-refractivity contribution in [3.05, 3.63) is 0 Å². The highest BCUT2D eigenvalue weighted by atomic mass is 16.5. The molecule has 4 nitrogen and oxygen atoms in total. The first-order chi connectivity index (χ1) is 6.72. The summed E-state index contributed by atoms with van der Waals surface area (Å²) in [5.41, 5.74) is 0.815. The van der Waals surface area contributed by atoms with E-state index in [1.165, 1.54) is 0 Å². The normalized spacial score (nSPS) is 28.5. The number of cyclic esters (lactones) is 1. The topological polar surface area (TPSA) is 58.9 Å². The molecule has 1 saturated heterocycles. The number of hydrogen-bond acceptors (Lipinski definition) is 4. The molecular formula is C10H17NO3. The summed E-state index contributed by atoms with van der Waals surface area (Å²) in [6.07, 6.45) is 4.35. The highest BCUT2D eigenvalue weighted by Crippen LogP contribution is 2.13. The second-order valence-corrected chi connectivity index (χ2v) is 3.71. The van der Waals surface area contributed by atoms with Crippen molar-refractivity contribution in [2.75, 3.05) is 0 Å². The number of carbonyl (C=O) groups excluding carboxylic acids is 1. The van der Waals surface area contributed by atoms with Gasteiger partial charge in [0.15, 0.2) is 0 Å². The first kappa shape index (κ1) is 11.0. The second-order valence-electron chi connectivity index (χ2n) is 3.71. The van der Waals surface area contributed by atoms with Gasteiger partial charge in [0.25, 0.3) is 0 Å². The minimum atomic E-state index is -0.109. The van der Waals surface area contributed by atoms with E-state index in [4.69, 9.17) is 9.94 Å². The van der Waals surface area contributed by atoms with E-state index in [9.17, 15) is 4.79 Å². The van der Waals surface area contributed by atoms with E-state index in [-0.39, 0.29) is 12.1 Å². The van der Waals surface area contributed by atoms with Crippen LogP contribution in [0.1, 0.15) is 45.4 Å². The molecule has 0 amide bonds. The van der Waals surface area contributed by atoms with Crippen LogP contribution in [0.5, 0.6) is 0 Å². The van der Waals surface area contributed by atoms with E-state index in [1.807, 2.05) is 6.92 Å². The van der Waals surface area contributed by atoms with Gasteiger partial charge in [0.2, 0.25) is 0 Å². The first-order valence-electron chi connectivity index (χ1n) is 5.11. The van der Waals surface area contributed by atoms with Crippen LogP contribution in [0.4, 0.5) is 0 Å². The van der Waals surface area contributed by atoms with Crippen LogP contribution in [0.2, 0.25) is 0 Å². The number of nitrogens with zero attached hydrogens (tertiary/aromatic N) is 1. The Morgan fingerprint density at radius 1 is 1.36 bits per heavy atom. The lowest BCUT2D eigenvalue weighted by Crippen LogP contribution is -2.17. The largest absolute Gasteiger partial charge is 0.463 e. The molecule has 4 heteroatoms. The number of carbonyl (C=O) groups is 1. The Bertz CT molecular complexity index is 225. The van der Waals surface area contributed by atoms with Crippen molar-refractivity contribution in [1.82, 2.24) is 0 Å². The Morgan fingerprint density at radius 3 is 2.79 bits per heavy atom. The molecule has 1 aliphatic rings. The minimum Gasteiger partial charge on any atom is -0.463 e. The standard InChI is InChI=1S/C10H17NO3/c1-8-6-7-9(11-13)4-2-3-5-10(12)14-8/h8,13H,2-7H2,1H3/b11-9+/t8-/m1/s1. The van der Waals surface area contributed by atoms with Crippen molar-refractivity contribution in [3.63, 3.8) is 0 Å². The van der Waals surface area contributed by atoms with Gasteiger partial charge in [-0.25, -0.2) is 0 Å². The van der Waals surface area contributed by atoms with Crippen molar-refractivity contribution in [2.45, 2.75) is 51.6 Å². The molecule has 0 aromatic carbocycles. The fourth-order valence-corrected chi connectivity index (χ4v) is 1.54. The predicted molar refractivity (Wildman–Crippen MR) is 52.5 cm³/mol. The molecule has 1 heterocycles. The van der Waals surface area contributed by atoms with Crippen LogP contribution in [-0.4, -0.2) is 23.0 Å². The van der Waals surface area contributed by atoms with Crippen molar-refractivity contribution < 1.29 is 14.7 Å². The molecule has 0 radical (unpaired) electrons. The molecule has 1 N–H and O–H groups in total. The minimum absolute atomic E-state index is 0.0719. The van der Waals surface area contributed by atoms with Crippen LogP contribution in [0, 0.1) is 0 Å². The van der Waals surface area contributed by atoms with Crippen molar-refractivity contribution >= 4 is 11.7 Å². The average molecular weight is 199 g/mol. The molecule has 1 aliphatic heterocycles. The van der Waals surface area contributed by atoms with E-state index >= 15 is 0 Å². The summed E-state index contributed by atoms with van der Waals surface area (Å²) in [6, 6.07) is 0. The van der Waals surface area contributed by atoms with Gasteiger partial charge in [0.1, 0.15) is 0 Å². The molecule has 1 fully saturated rings. The van der Waals surface area contributed by atoms with Gasteiger partial charge in [-0.2, -0.15) is 0 Å². The third-order valence-electron chi connectivity index (χ3n) is 2.41. The smallest absolute Gasteiger partial charge is 0.306 e. The van der Waals surface area contributed by atoms with Gasteiger partial charge in [-0.3, -0.25) is 4.79 Å². The number of esters is 1. The maximum atomic E-state index is 11.2. The summed E-state index contributed by atoms with van der Waals surface area (Å²) < 4.78 is 5.14. The maximum Gasteiger partial charge on any atom is 0.306 e. The third kappa shape index (κ3) is 3.77. The summed E-state index contributed by atoms with van der Waals surface area (Å²) in [4.78, 5) is 11.2. The van der Waals surface area contributed by atoms with E-state index in [2.05, 4.69) is 5.16 Å². The summed E-state index contributed by atoms with van der Waals surface area (Å²) in [6.45, 7) is 1.87. The molecule has 0 unspecified atom stereocenters. The zero-order valence-corrected chi connectivity index (χ0v) is 8.53. The molecular weight excluding hydrogens is 182 g/mol. The Hall–Kier alpha value is -1.06. The van der Waals surface area contributed by atoms with Gasteiger partial charge in [-0.1, -0.05) is 5.16 Å². The molecule has 0 bridgehead atoms. The molecule has 1 rings (SSSR count). The third-order valence-corrected chi connectivity index (χ3v) is 2.41. The van der Waals surface area contributed by atoms with Gasteiger partial charge >= 0.3 is 5.97 Å². The van der Waals surface area contributed by atoms with Gasteiger partial charge in [-0.15, -0.1) is 0 Å². The molecule has 0 aromatic rings. The van der Waals surface area contributed by atoms with E-state index in [1.54, 1.807) is 0 Å². The summed E-state index contributed by atoms with van der Waals surface area (Å²) in [5, 5.41) is 11.9. The van der Waals surface area contributed by atoms with Crippen LogP contribution in [0.15, 0.2) is 5.16 Å². The predicted octanol–water partition coefficient (Wildman–Crippen LogP) is 2.10. The molecule has 80 valence electrons. The Morgan fingerprint density at radius 2 is 2.07 bits per heavy atom. The second kappa shape index (κ2) is 5.62. The van der Waals surface area contributed by atoms with Crippen LogP contribution in [0.3, 0.4) is 0 Å². The lowest BCUT2D eigenvalue weighted by molar-refractivity contribution is -0.148. The molecule has 0 aromatic heterocycles. The quantitative estimate of drug-likeness (QED) is 0.369. The fraction of sp³-hybridized carbons (Fsp3) is 0.800. The van der Waals surface area contributed by atoms with Gasteiger partial charge in [0, 0.05) is 6.42 Å². The molecule has 14 heavy (non-hydrogen) atoms. The Labute approximate surface area is 83.9 Å².